The van der Waals surface area contributed by atoms with Gasteiger partial charge in [0.2, 0.25) is 0 Å². The summed E-state index contributed by atoms with van der Waals surface area (Å²) in [5, 5.41) is 7.20. The Bertz CT molecular complexity index is 39.4. The minimum atomic E-state index is -1.50. The molecule has 0 radical (unpaired) electrons. The maximum atomic E-state index is 8.70. The van der Waals surface area contributed by atoms with Crippen LogP contribution < -0.4 is 64.2 Å². The molecule has 0 unspecified atom stereocenters. The van der Waals surface area contributed by atoms with Crippen molar-refractivity contribution in [3.05, 3.63) is 0 Å². The van der Waals surface area contributed by atoms with E-state index in [9.17, 15) is 0 Å². The summed E-state index contributed by atoms with van der Waals surface area (Å²) in [5.41, 5.74) is 0. The molecule has 10 N–H and O–H groups in total. The van der Waals surface area contributed by atoms with Gasteiger partial charge in [0.25, 0.3) is 0 Å². The van der Waals surface area contributed by atoms with Crippen LogP contribution in [0.15, 0.2) is 0 Å². The van der Waals surface area contributed by atoms with Crippen LogP contribution in [0.4, 0.5) is 4.79 Å². The van der Waals surface area contributed by atoms with Gasteiger partial charge >= 0.3 is 59.1 Å². The second kappa shape index (κ2) is 62.7. The van der Waals surface area contributed by atoms with Crippen LogP contribution in [0.2, 0.25) is 0 Å². The zero-order valence-electron chi connectivity index (χ0n) is 6.22. The van der Waals surface area contributed by atoms with Crippen LogP contribution in [0.25, 0.3) is 0 Å². The summed E-state index contributed by atoms with van der Waals surface area (Å²) in [6.45, 7) is 0. The van der Waals surface area contributed by atoms with E-state index in [1.807, 2.05) is 0 Å². The molecule has 0 saturated carbocycles. The van der Waals surface area contributed by atoms with Gasteiger partial charge in [0.1, 0.15) is 0 Å². The van der Waals surface area contributed by atoms with E-state index >= 15 is 0 Å². The smallest absolute Gasteiger partial charge is 0.764 e. The van der Waals surface area contributed by atoms with Gasteiger partial charge in [-0.05, 0) is 0 Å². The average Bonchev–Trinajstić information content (AvgIpc) is 0.811. The number of carbonyl (C=O) groups excluding carboxylic acids is 1. The molecule has 0 amide bonds. The molecule has 0 aliphatic heterocycles. The topological polar surface area (TPSA) is 198 Å². The van der Waals surface area contributed by atoms with E-state index in [0.717, 1.165) is 0 Å². The number of carbonyl (C=O) groups is 1. The molecule has 0 aliphatic carbocycles. The Hall–Kier alpha value is 1.49. The van der Waals surface area contributed by atoms with Crippen LogP contribution in [-0.4, -0.2) is 32.7 Å². The molecule has 0 saturated heterocycles. The molecule has 10 heteroatoms. The molecule has 0 aromatic heterocycles. The molecule has 64 valence electrons. The van der Waals surface area contributed by atoms with Crippen LogP contribution in [-0.2, 0) is 12.6 Å². The second-order valence-electron chi connectivity index (χ2n) is 0.250. The monoisotopic (exact) mass is 212 g/mol. The van der Waals surface area contributed by atoms with E-state index in [0.29, 0.717) is 0 Å². The van der Waals surface area contributed by atoms with Crippen molar-refractivity contribution in [1.82, 2.24) is 0 Å². The van der Waals surface area contributed by atoms with E-state index in [4.69, 9.17) is 9.90 Å². The largest absolute Gasteiger partial charge is 1.00 e. The molecule has 0 spiro atoms. The molecule has 0 aromatic rings. The van der Waals surface area contributed by atoms with Gasteiger partial charge in [-0.15, -0.1) is 0 Å². The first-order valence-corrected chi connectivity index (χ1v) is 1.02. The zero-order chi connectivity index (χ0) is 3.58. The van der Waals surface area contributed by atoms with Crippen LogP contribution in [0.1, 0.15) is 0 Å². The molecule has 11 heavy (non-hydrogen) atoms. The minimum absolute atomic E-state index is 0. The molecular formula is CH10Na2O7S. The molecule has 0 fully saturated rings. The number of hydrogen-bond acceptors (Lipinski definition) is 3. The van der Waals surface area contributed by atoms with Gasteiger partial charge in [-0.3, -0.25) is 0 Å². The normalized spacial score (nSPS) is 2.18. The van der Waals surface area contributed by atoms with Crippen molar-refractivity contribution in [3.63, 3.8) is 0 Å². The third-order valence-corrected chi connectivity index (χ3v) is 0. The van der Waals surface area contributed by atoms with Gasteiger partial charge in [0.05, 0.1) is 0 Å². The van der Waals surface area contributed by atoms with Gasteiger partial charge in [0, 0.05) is 0 Å². The first-order valence-electron chi connectivity index (χ1n) is 0.612. The summed E-state index contributed by atoms with van der Waals surface area (Å²) >= 11 is 3.43. The molecule has 0 rings (SSSR count). The van der Waals surface area contributed by atoms with E-state index in [1.54, 1.807) is 0 Å². The summed E-state index contributed by atoms with van der Waals surface area (Å²) in [7, 11) is 0. The number of hydrogen-bond donors (Lipinski definition) is 0. The van der Waals surface area contributed by atoms with Crippen LogP contribution in [0.3, 0.4) is 0 Å². The molecule has 0 aliphatic rings. The fraction of sp³-hybridized carbons (Fsp3) is 0. The standard InChI is InChI=1S/CH2O2S.2Na.5H2O/c2-1(3)4;;;;;;;/h4H,(H,2,3);;;5*1H2/q;2*+1;;;;;/p-2. The Balaban J connectivity index is -0.00000000214. The SMILES string of the molecule is O.O.O.O.O.O=C([O-])[S-].[Na+].[Na+]. The summed E-state index contributed by atoms with van der Waals surface area (Å²) < 4.78 is 0. The van der Waals surface area contributed by atoms with Crippen molar-refractivity contribution in [1.29, 1.82) is 0 Å². The maximum Gasteiger partial charge on any atom is 1.00 e. The molecular weight excluding hydrogens is 202 g/mol. The predicted molar refractivity (Wildman–Crippen MR) is 30.8 cm³/mol. The van der Waals surface area contributed by atoms with Crippen molar-refractivity contribution >= 4 is 17.9 Å². The first-order chi connectivity index (χ1) is 1.73. The van der Waals surface area contributed by atoms with Crippen LogP contribution >= 0.6 is 0 Å². The molecule has 0 aromatic carbocycles. The number of carboxylic acid groups (broad SMARTS) is 1. The summed E-state index contributed by atoms with van der Waals surface area (Å²) in [4.78, 5) is 8.70. The molecule has 7 nitrogen and oxygen atoms in total. The molecule has 0 heterocycles. The summed E-state index contributed by atoms with van der Waals surface area (Å²) in [6, 6.07) is 0. The third kappa shape index (κ3) is 466. The van der Waals surface area contributed by atoms with Crippen LogP contribution in [0.5, 0.6) is 0 Å². The average molecular weight is 212 g/mol. The second-order valence-corrected chi connectivity index (χ2v) is 0.583. The van der Waals surface area contributed by atoms with E-state index in [1.165, 1.54) is 0 Å². The first kappa shape index (κ1) is 81.8. The Morgan fingerprint density at radius 1 is 0.909 bits per heavy atom. The molecule has 0 bridgehead atoms. The van der Waals surface area contributed by atoms with Gasteiger partial charge < -0.3 is 49.9 Å². The van der Waals surface area contributed by atoms with Crippen molar-refractivity contribution in [2.75, 3.05) is 0 Å². The van der Waals surface area contributed by atoms with Gasteiger partial charge in [0.15, 0.2) is 0 Å². The number of rotatable bonds is 0. The predicted octanol–water partition coefficient (Wildman–Crippen LogP) is -11.2. The Kier molecular flexibility index (Phi) is 466. The van der Waals surface area contributed by atoms with Gasteiger partial charge in [-0.1, -0.05) is 5.30 Å². The van der Waals surface area contributed by atoms with Gasteiger partial charge in [-0.25, -0.2) is 0 Å². The Morgan fingerprint density at radius 2 is 0.909 bits per heavy atom. The Morgan fingerprint density at radius 3 is 0.909 bits per heavy atom. The summed E-state index contributed by atoms with van der Waals surface area (Å²) in [5.74, 6) is 0. The minimum Gasteiger partial charge on any atom is -0.764 e. The summed E-state index contributed by atoms with van der Waals surface area (Å²) in [6.07, 6.45) is 0. The fourth-order valence-electron chi connectivity index (χ4n) is 0. The van der Waals surface area contributed by atoms with Crippen molar-refractivity contribution in [3.8, 4) is 0 Å². The van der Waals surface area contributed by atoms with Crippen LogP contribution in [0, 0.1) is 0 Å². The van der Waals surface area contributed by atoms with Gasteiger partial charge in [-0.2, -0.15) is 0 Å². The van der Waals surface area contributed by atoms with Crippen molar-refractivity contribution < 1.29 is 96.4 Å². The molecule has 0 atom stereocenters. The van der Waals surface area contributed by atoms with Crippen molar-refractivity contribution in [2.45, 2.75) is 0 Å². The zero-order valence-corrected chi connectivity index (χ0v) is 11.0. The van der Waals surface area contributed by atoms with E-state index < -0.39 is 5.30 Å². The third-order valence-electron chi connectivity index (χ3n) is 0. The fourth-order valence-corrected chi connectivity index (χ4v) is 0. The maximum absolute atomic E-state index is 8.70. The van der Waals surface area contributed by atoms with E-state index in [-0.39, 0.29) is 86.5 Å². The van der Waals surface area contributed by atoms with E-state index in [2.05, 4.69) is 12.6 Å². The Labute approximate surface area is 113 Å². The quantitative estimate of drug-likeness (QED) is 0.284. The van der Waals surface area contributed by atoms with Crippen molar-refractivity contribution in [2.24, 2.45) is 0 Å².